The van der Waals surface area contributed by atoms with E-state index in [-0.39, 0.29) is 11.7 Å². The molecule has 1 aliphatic carbocycles. The number of hydrogen-bond donors (Lipinski definition) is 2. The molecule has 0 fully saturated rings. The van der Waals surface area contributed by atoms with Gasteiger partial charge in [0.1, 0.15) is 5.82 Å². The van der Waals surface area contributed by atoms with Crippen LogP contribution in [0.5, 0.6) is 0 Å². The number of fused-ring (bicyclic) bond motifs is 3. The third kappa shape index (κ3) is 2.11. The molecule has 4 heteroatoms. The first kappa shape index (κ1) is 13.1. The topological polar surface area (TPSA) is 36.0 Å². The van der Waals surface area contributed by atoms with Crippen molar-refractivity contribution in [2.45, 2.75) is 38.7 Å². The van der Waals surface area contributed by atoms with Crippen LogP contribution in [-0.2, 0) is 12.8 Å². The minimum atomic E-state index is -0.669. The van der Waals surface area contributed by atoms with Crippen molar-refractivity contribution in [1.29, 1.82) is 0 Å². The highest BCUT2D eigenvalue weighted by molar-refractivity contribution is 9.10. The summed E-state index contributed by atoms with van der Waals surface area (Å²) < 4.78 is 14.2. The lowest BCUT2D eigenvalue weighted by atomic mass is 9.78. The molecule has 1 aromatic heterocycles. The number of halogens is 2. The molecule has 1 unspecified atom stereocenters. The summed E-state index contributed by atoms with van der Waals surface area (Å²) in [5.74, 6) is 0.0237. The van der Waals surface area contributed by atoms with E-state index >= 15 is 0 Å². The third-order valence-corrected chi connectivity index (χ3v) is 5.01. The Hall–Kier alpha value is -0.870. The predicted octanol–water partition coefficient (Wildman–Crippen LogP) is 3.95. The third-order valence-electron chi connectivity index (χ3n) is 4.24. The van der Waals surface area contributed by atoms with Crippen molar-refractivity contribution in [2.75, 3.05) is 0 Å². The standard InChI is InChI=1S/C15H17BrFNO/c1-15(2,19)8-3-4-9-12(7-8)18-11-6-5-10(17)14(16)13(9)11/h5-6,8,18-19H,3-4,7H2,1-2H3. The number of aromatic nitrogens is 1. The quantitative estimate of drug-likeness (QED) is 0.818. The van der Waals surface area contributed by atoms with E-state index in [1.54, 1.807) is 6.07 Å². The lowest BCUT2D eigenvalue weighted by molar-refractivity contribution is 0.0107. The highest BCUT2D eigenvalue weighted by atomic mass is 79.9. The number of H-pyrrole nitrogens is 1. The number of aromatic amines is 1. The van der Waals surface area contributed by atoms with Gasteiger partial charge in [-0.15, -0.1) is 0 Å². The van der Waals surface area contributed by atoms with Gasteiger partial charge in [-0.2, -0.15) is 0 Å². The van der Waals surface area contributed by atoms with Gasteiger partial charge in [-0.1, -0.05) is 0 Å². The van der Waals surface area contributed by atoms with Gasteiger partial charge in [0.2, 0.25) is 0 Å². The van der Waals surface area contributed by atoms with Crippen LogP contribution in [0.15, 0.2) is 16.6 Å². The molecule has 0 spiro atoms. The van der Waals surface area contributed by atoms with E-state index in [4.69, 9.17) is 0 Å². The minimum Gasteiger partial charge on any atom is -0.390 e. The summed E-state index contributed by atoms with van der Waals surface area (Å²) >= 11 is 3.35. The van der Waals surface area contributed by atoms with Crippen LogP contribution in [0.4, 0.5) is 4.39 Å². The SMILES string of the molecule is CC(C)(O)C1CCc2c([nH]c3ccc(F)c(Br)c23)C1. The van der Waals surface area contributed by atoms with Crippen LogP contribution in [0.1, 0.15) is 31.5 Å². The molecule has 3 rings (SSSR count). The van der Waals surface area contributed by atoms with Gasteiger partial charge in [0.15, 0.2) is 0 Å². The van der Waals surface area contributed by atoms with Crippen LogP contribution in [0.2, 0.25) is 0 Å². The summed E-state index contributed by atoms with van der Waals surface area (Å²) in [4.78, 5) is 3.38. The smallest absolute Gasteiger partial charge is 0.138 e. The predicted molar refractivity (Wildman–Crippen MR) is 77.8 cm³/mol. The van der Waals surface area contributed by atoms with Crippen molar-refractivity contribution in [2.24, 2.45) is 5.92 Å². The zero-order valence-electron chi connectivity index (χ0n) is 11.1. The van der Waals surface area contributed by atoms with Gasteiger partial charge in [0, 0.05) is 16.6 Å². The molecule has 19 heavy (non-hydrogen) atoms. The lowest BCUT2D eigenvalue weighted by Gasteiger charge is -2.32. The summed E-state index contributed by atoms with van der Waals surface area (Å²) in [5.41, 5.74) is 2.63. The first-order chi connectivity index (χ1) is 8.88. The lowest BCUT2D eigenvalue weighted by Crippen LogP contribution is -2.34. The Morgan fingerprint density at radius 3 is 2.84 bits per heavy atom. The second-order valence-electron chi connectivity index (χ2n) is 5.96. The second-order valence-corrected chi connectivity index (χ2v) is 6.75. The maximum absolute atomic E-state index is 13.7. The average molecular weight is 326 g/mol. The number of rotatable bonds is 1. The van der Waals surface area contributed by atoms with E-state index < -0.39 is 5.60 Å². The van der Waals surface area contributed by atoms with E-state index in [9.17, 15) is 9.50 Å². The summed E-state index contributed by atoms with van der Waals surface area (Å²) in [6.07, 6.45) is 2.64. The molecule has 2 aromatic rings. The second kappa shape index (κ2) is 4.32. The Bertz CT molecular complexity index is 642. The van der Waals surface area contributed by atoms with E-state index in [0.29, 0.717) is 4.47 Å². The van der Waals surface area contributed by atoms with E-state index in [0.717, 1.165) is 35.9 Å². The van der Waals surface area contributed by atoms with Crippen LogP contribution < -0.4 is 0 Å². The fourth-order valence-electron chi connectivity index (χ4n) is 3.06. The van der Waals surface area contributed by atoms with E-state index in [1.807, 2.05) is 13.8 Å². The average Bonchev–Trinajstić information content (AvgIpc) is 2.70. The summed E-state index contributed by atoms with van der Waals surface area (Å²) in [6, 6.07) is 3.26. The van der Waals surface area contributed by atoms with Crippen molar-refractivity contribution in [1.82, 2.24) is 4.98 Å². The van der Waals surface area contributed by atoms with Crippen LogP contribution >= 0.6 is 15.9 Å². The first-order valence-electron chi connectivity index (χ1n) is 6.57. The zero-order valence-corrected chi connectivity index (χ0v) is 12.6. The number of aryl methyl sites for hydroxylation is 1. The molecule has 1 aromatic carbocycles. The number of nitrogens with one attached hydrogen (secondary N) is 1. The molecule has 1 atom stereocenters. The van der Waals surface area contributed by atoms with Crippen molar-refractivity contribution in [3.8, 4) is 0 Å². The molecular weight excluding hydrogens is 309 g/mol. The normalized spacial score (nSPS) is 19.7. The summed E-state index contributed by atoms with van der Waals surface area (Å²) in [5, 5.41) is 11.1. The molecule has 0 saturated carbocycles. The highest BCUT2D eigenvalue weighted by Crippen LogP contribution is 2.39. The van der Waals surface area contributed by atoms with Crippen molar-refractivity contribution < 1.29 is 9.50 Å². The van der Waals surface area contributed by atoms with Crippen LogP contribution in [0.3, 0.4) is 0 Å². The highest BCUT2D eigenvalue weighted by Gasteiger charge is 2.32. The van der Waals surface area contributed by atoms with Gasteiger partial charge >= 0.3 is 0 Å². The summed E-state index contributed by atoms with van der Waals surface area (Å²) in [7, 11) is 0. The van der Waals surface area contributed by atoms with Gasteiger partial charge in [-0.05, 0) is 72.7 Å². The Morgan fingerprint density at radius 1 is 1.42 bits per heavy atom. The molecule has 0 aliphatic heterocycles. The molecule has 1 heterocycles. The molecule has 0 bridgehead atoms. The Labute approximate surface area is 120 Å². The first-order valence-corrected chi connectivity index (χ1v) is 7.37. The largest absolute Gasteiger partial charge is 0.390 e. The van der Waals surface area contributed by atoms with Crippen LogP contribution in [0, 0.1) is 11.7 Å². The molecule has 0 radical (unpaired) electrons. The Morgan fingerprint density at radius 2 is 2.16 bits per heavy atom. The fraction of sp³-hybridized carbons (Fsp3) is 0.467. The minimum absolute atomic E-state index is 0.223. The van der Waals surface area contributed by atoms with Crippen molar-refractivity contribution in [3.05, 3.63) is 33.7 Å². The molecule has 102 valence electrons. The maximum Gasteiger partial charge on any atom is 0.138 e. The van der Waals surface area contributed by atoms with Gasteiger partial charge in [0.05, 0.1) is 10.1 Å². The maximum atomic E-state index is 13.7. The molecule has 0 amide bonds. The monoisotopic (exact) mass is 325 g/mol. The van der Waals surface area contributed by atoms with Crippen LogP contribution in [-0.4, -0.2) is 15.7 Å². The fourth-order valence-corrected chi connectivity index (χ4v) is 3.64. The number of hydrogen-bond acceptors (Lipinski definition) is 1. The van der Waals surface area contributed by atoms with Gasteiger partial charge < -0.3 is 10.1 Å². The molecule has 1 aliphatic rings. The molecule has 2 N–H and O–H groups in total. The molecule has 2 nitrogen and oxygen atoms in total. The number of aliphatic hydroxyl groups is 1. The Kier molecular flexibility index (Phi) is 2.98. The van der Waals surface area contributed by atoms with Crippen molar-refractivity contribution >= 4 is 26.8 Å². The summed E-state index contributed by atoms with van der Waals surface area (Å²) in [6.45, 7) is 3.72. The molecule has 0 saturated heterocycles. The van der Waals surface area contributed by atoms with E-state index in [1.165, 1.54) is 11.6 Å². The zero-order chi connectivity index (χ0) is 13.8. The Balaban J connectivity index is 2.11. The van der Waals surface area contributed by atoms with Gasteiger partial charge in [-0.3, -0.25) is 0 Å². The van der Waals surface area contributed by atoms with Gasteiger partial charge in [0.25, 0.3) is 0 Å². The van der Waals surface area contributed by atoms with Crippen LogP contribution in [0.25, 0.3) is 10.9 Å². The van der Waals surface area contributed by atoms with Gasteiger partial charge in [-0.25, -0.2) is 4.39 Å². The molecular formula is C15H17BrFNO. The number of benzene rings is 1. The van der Waals surface area contributed by atoms with E-state index in [2.05, 4.69) is 20.9 Å². The van der Waals surface area contributed by atoms with Crippen molar-refractivity contribution in [3.63, 3.8) is 0 Å².